The van der Waals surface area contributed by atoms with E-state index < -0.39 is 0 Å². The fourth-order valence-corrected chi connectivity index (χ4v) is 2.05. The lowest BCUT2D eigenvalue weighted by Gasteiger charge is -2.24. The zero-order chi connectivity index (χ0) is 10.5. The largest absolute Gasteiger partial charge is 0.366 e. The Morgan fingerprint density at radius 1 is 1.38 bits per heavy atom. The van der Waals surface area contributed by atoms with Crippen molar-refractivity contribution in [3.05, 3.63) is 0 Å². The van der Waals surface area contributed by atoms with Gasteiger partial charge in [-0.1, -0.05) is 27.7 Å². The highest BCUT2D eigenvalue weighted by Gasteiger charge is 2.16. The van der Waals surface area contributed by atoms with Crippen molar-refractivity contribution in [1.29, 1.82) is 0 Å². The van der Waals surface area contributed by atoms with Gasteiger partial charge in [-0.2, -0.15) is 0 Å². The molecule has 3 heteroatoms. The molecule has 0 aliphatic heterocycles. The highest BCUT2D eigenvalue weighted by atomic mass is 32.2. The Bertz CT molecular complexity index is 133. The molecule has 0 rings (SSSR count). The van der Waals surface area contributed by atoms with Gasteiger partial charge >= 0.3 is 0 Å². The maximum Gasteiger partial charge on any atom is 0.100 e. The SMILES string of the molecule is CCC(N)COC(C)SC(C)(C)C. The summed E-state index contributed by atoms with van der Waals surface area (Å²) in [5, 5.41) is 0. The Hall–Kier alpha value is 0.270. The molecular formula is C10H23NOS. The normalized spacial score (nSPS) is 17.1. The van der Waals surface area contributed by atoms with Crippen LogP contribution < -0.4 is 5.73 Å². The number of hydrogen-bond acceptors (Lipinski definition) is 3. The van der Waals surface area contributed by atoms with Gasteiger partial charge < -0.3 is 10.5 Å². The van der Waals surface area contributed by atoms with Gasteiger partial charge in [0.1, 0.15) is 5.44 Å². The summed E-state index contributed by atoms with van der Waals surface area (Å²) < 4.78 is 5.87. The summed E-state index contributed by atoms with van der Waals surface area (Å²) in [7, 11) is 0. The first-order valence-corrected chi connectivity index (χ1v) is 5.78. The van der Waals surface area contributed by atoms with Crippen molar-refractivity contribution < 1.29 is 4.74 Å². The predicted octanol–water partition coefficient (Wildman–Crippen LogP) is 2.62. The van der Waals surface area contributed by atoms with Crippen LogP contribution >= 0.6 is 11.8 Å². The molecule has 0 aromatic heterocycles. The van der Waals surface area contributed by atoms with E-state index in [0.717, 1.165) is 6.42 Å². The summed E-state index contributed by atoms with van der Waals surface area (Å²) in [6, 6.07) is 0.183. The number of rotatable bonds is 5. The highest BCUT2D eigenvalue weighted by Crippen LogP contribution is 2.28. The Morgan fingerprint density at radius 2 is 1.92 bits per heavy atom. The molecule has 0 aromatic carbocycles. The van der Waals surface area contributed by atoms with E-state index in [2.05, 4.69) is 34.6 Å². The molecule has 0 saturated carbocycles. The maximum atomic E-state index is 5.75. The molecule has 0 spiro atoms. The van der Waals surface area contributed by atoms with Crippen molar-refractivity contribution in [2.75, 3.05) is 6.61 Å². The lowest BCUT2D eigenvalue weighted by atomic mass is 10.3. The predicted molar refractivity (Wildman–Crippen MR) is 61.0 cm³/mol. The van der Waals surface area contributed by atoms with Crippen molar-refractivity contribution in [3.63, 3.8) is 0 Å². The highest BCUT2D eigenvalue weighted by molar-refractivity contribution is 8.01. The van der Waals surface area contributed by atoms with Crippen molar-refractivity contribution in [2.45, 2.75) is 57.3 Å². The van der Waals surface area contributed by atoms with Crippen LogP contribution in [0.4, 0.5) is 0 Å². The summed E-state index contributed by atoms with van der Waals surface area (Å²) in [6.45, 7) is 11.4. The standard InChI is InChI=1S/C10H23NOS/c1-6-9(11)7-12-8(2)13-10(3,4)5/h8-9H,6-7,11H2,1-5H3. The first-order chi connectivity index (χ1) is 5.85. The van der Waals surface area contributed by atoms with E-state index in [1.165, 1.54) is 0 Å². The third kappa shape index (κ3) is 8.60. The lowest BCUT2D eigenvalue weighted by Crippen LogP contribution is -2.27. The van der Waals surface area contributed by atoms with Crippen LogP contribution in [0.3, 0.4) is 0 Å². The van der Waals surface area contributed by atoms with E-state index in [0.29, 0.717) is 6.61 Å². The van der Waals surface area contributed by atoms with Gasteiger partial charge in [-0.25, -0.2) is 0 Å². The Balaban J connectivity index is 3.57. The van der Waals surface area contributed by atoms with Crippen molar-refractivity contribution >= 4 is 11.8 Å². The summed E-state index contributed by atoms with van der Waals surface area (Å²) in [5.74, 6) is 0. The maximum absolute atomic E-state index is 5.75. The van der Waals surface area contributed by atoms with E-state index in [4.69, 9.17) is 10.5 Å². The lowest BCUT2D eigenvalue weighted by molar-refractivity contribution is 0.109. The minimum Gasteiger partial charge on any atom is -0.366 e. The van der Waals surface area contributed by atoms with Crippen LogP contribution in [0.1, 0.15) is 41.0 Å². The minimum atomic E-state index is 0.183. The molecule has 13 heavy (non-hydrogen) atoms. The third-order valence-corrected chi connectivity index (χ3v) is 2.76. The van der Waals surface area contributed by atoms with Crippen molar-refractivity contribution in [1.82, 2.24) is 0 Å². The number of thioether (sulfide) groups is 1. The molecule has 2 N–H and O–H groups in total. The Morgan fingerprint density at radius 3 is 2.31 bits per heavy atom. The Kier molecular flexibility index (Phi) is 6.01. The number of hydrogen-bond donors (Lipinski definition) is 1. The van der Waals surface area contributed by atoms with Gasteiger partial charge in [-0.15, -0.1) is 11.8 Å². The molecule has 0 saturated heterocycles. The number of nitrogens with two attached hydrogens (primary N) is 1. The van der Waals surface area contributed by atoms with Gasteiger partial charge in [0.05, 0.1) is 6.61 Å². The van der Waals surface area contributed by atoms with Gasteiger partial charge in [0.25, 0.3) is 0 Å². The van der Waals surface area contributed by atoms with E-state index in [1.807, 2.05) is 11.8 Å². The topological polar surface area (TPSA) is 35.2 Å². The van der Waals surface area contributed by atoms with Gasteiger partial charge in [0.2, 0.25) is 0 Å². The second-order valence-corrected chi connectivity index (χ2v) is 6.42. The molecule has 80 valence electrons. The molecule has 2 atom stereocenters. The molecule has 0 aromatic rings. The van der Waals surface area contributed by atoms with E-state index in [-0.39, 0.29) is 16.2 Å². The van der Waals surface area contributed by atoms with Crippen molar-refractivity contribution in [3.8, 4) is 0 Å². The average molecular weight is 205 g/mol. The fourth-order valence-electron chi connectivity index (χ4n) is 0.909. The molecule has 0 amide bonds. The van der Waals surface area contributed by atoms with E-state index in [9.17, 15) is 0 Å². The summed E-state index contributed by atoms with van der Waals surface area (Å²) >= 11 is 1.83. The van der Waals surface area contributed by atoms with E-state index in [1.54, 1.807) is 0 Å². The molecule has 0 bridgehead atoms. The summed E-state index contributed by atoms with van der Waals surface area (Å²) in [6.07, 6.45) is 0.979. The van der Waals surface area contributed by atoms with Crippen LogP contribution in [0.5, 0.6) is 0 Å². The molecule has 0 aliphatic carbocycles. The molecule has 0 radical (unpaired) electrons. The van der Waals surface area contributed by atoms with Gasteiger partial charge in [0, 0.05) is 10.8 Å². The smallest absolute Gasteiger partial charge is 0.100 e. The van der Waals surface area contributed by atoms with Gasteiger partial charge in [0.15, 0.2) is 0 Å². The molecule has 0 heterocycles. The van der Waals surface area contributed by atoms with Crippen molar-refractivity contribution in [2.24, 2.45) is 5.73 Å². The quantitative estimate of drug-likeness (QED) is 0.701. The monoisotopic (exact) mass is 205 g/mol. The average Bonchev–Trinajstić information content (AvgIpc) is 1.97. The first kappa shape index (κ1) is 13.3. The van der Waals surface area contributed by atoms with Crippen LogP contribution in [-0.2, 0) is 4.74 Å². The first-order valence-electron chi connectivity index (χ1n) is 4.90. The number of ether oxygens (including phenoxy) is 1. The Labute approximate surface area is 86.6 Å². The molecule has 0 fully saturated rings. The zero-order valence-corrected chi connectivity index (χ0v) is 10.3. The van der Waals surface area contributed by atoms with Crippen LogP contribution in [-0.4, -0.2) is 22.8 Å². The summed E-state index contributed by atoms with van der Waals surface area (Å²) in [4.78, 5) is 0. The van der Waals surface area contributed by atoms with Crippen LogP contribution in [0.15, 0.2) is 0 Å². The molecule has 2 nitrogen and oxygen atoms in total. The second kappa shape index (κ2) is 5.89. The van der Waals surface area contributed by atoms with Gasteiger partial charge in [-0.3, -0.25) is 0 Å². The van der Waals surface area contributed by atoms with Crippen LogP contribution in [0, 0.1) is 0 Å². The third-order valence-electron chi connectivity index (χ3n) is 1.59. The summed E-state index contributed by atoms with van der Waals surface area (Å²) in [5.41, 5.74) is 5.98. The van der Waals surface area contributed by atoms with E-state index >= 15 is 0 Å². The molecule has 0 aliphatic rings. The second-order valence-electron chi connectivity index (χ2n) is 4.30. The zero-order valence-electron chi connectivity index (χ0n) is 9.46. The van der Waals surface area contributed by atoms with Gasteiger partial charge in [-0.05, 0) is 13.3 Å². The minimum absolute atomic E-state index is 0.183. The molecule has 2 unspecified atom stereocenters. The van der Waals surface area contributed by atoms with Crippen LogP contribution in [0.25, 0.3) is 0 Å². The molecular weight excluding hydrogens is 182 g/mol. The van der Waals surface area contributed by atoms with Crippen LogP contribution in [0.2, 0.25) is 0 Å². The fraction of sp³-hybridized carbons (Fsp3) is 1.00.